The molecule has 0 radical (unpaired) electrons. The molecule has 0 aliphatic rings. The molecule has 0 aromatic heterocycles. The summed E-state index contributed by atoms with van der Waals surface area (Å²) in [6, 6.07) is 12.7. The Hall–Kier alpha value is -2.34. The number of rotatable bonds is 10. The zero-order valence-corrected chi connectivity index (χ0v) is 21.4. The summed E-state index contributed by atoms with van der Waals surface area (Å²) in [7, 11) is 0. The van der Waals surface area contributed by atoms with Crippen LogP contribution in [0.15, 0.2) is 48.5 Å². The highest BCUT2D eigenvalue weighted by Gasteiger charge is 2.30. The Bertz CT molecular complexity index is 895. The third-order valence-electron chi connectivity index (χ3n) is 6.42. The molecule has 1 unspecified atom stereocenters. The summed E-state index contributed by atoms with van der Waals surface area (Å²) in [4.78, 5) is 17.7. The van der Waals surface area contributed by atoms with Crippen molar-refractivity contribution in [2.75, 3.05) is 19.6 Å². The molecule has 34 heavy (non-hydrogen) atoms. The van der Waals surface area contributed by atoms with E-state index in [4.69, 9.17) is 0 Å². The lowest BCUT2D eigenvalue weighted by Gasteiger charge is -2.31. The minimum atomic E-state index is -4.37. The number of alkyl halides is 3. The molecule has 1 atom stereocenters. The molecule has 0 saturated heterocycles. The van der Waals surface area contributed by atoms with Gasteiger partial charge in [-0.1, -0.05) is 58.9 Å². The van der Waals surface area contributed by atoms with Gasteiger partial charge in [0.25, 0.3) is 5.91 Å². The van der Waals surface area contributed by atoms with Crippen molar-refractivity contribution in [3.05, 3.63) is 70.8 Å². The first-order valence-electron chi connectivity index (χ1n) is 12.2. The largest absolute Gasteiger partial charge is 0.416 e. The number of carbonyl (C=O) groups is 1. The molecule has 6 heteroatoms. The van der Waals surface area contributed by atoms with E-state index in [0.29, 0.717) is 11.1 Å². The zero-order valence-electron chi connectivity index (χ0n) is 21.4. The van der Waals surface area contributed by atoms with Crippen molar-refractivity contribution in [1.82, 2.24) is 9.80 Å². The van der Waals surface area contributed by atoms with Crippen molar-refractivity contribution in [3.63, 3.8) is 0 Å². The van der Waals surface area contributed by atoms with Crippen LogP contribution in [0.5, 0.6) is 0 Å². The van der Waals surface area contributed by atoms with Crippen molar-refractivity contribution in [3.8, 4) is 0 Å². The van der Waals surface area contributed by atoms with Gasteiger partial charge in [0, 0.05) is 18.2 Å². The third-order valence-corrected chi connectivity index (χ3v) is 6.42. The summed E-state index contributed by atoms with van der Waals surface area (Å²) >= 11 is 0. The predicted octanol–water partition coefficient (Wildman–Crippen LogP) is 7.16. The molecule has 0 N–H and O–H groups in total. The number of carbonyl (C=O) groups excluding carboxylic acids is 1. The van der Waals surface area contributed by atoms with Crippen LogP contribution in [-0.2, 0) is 18.1 Å². The van der Waals surface area contributed by atoms with Crippen molar-refractivity contribution in [1.29, 1.82) is 0 Å². The molecule has 0 bridgehead atoms. The van der Waals surface area contributed by atoms with E-state index in [1.165, 1.54) is 12.1 Å². The van der Waals surface area contributed by atoms with Crippen molar-refractivity contribution < 1.29 is 18.0 Å². The first-order chi connectivity index (χ1) is 15.9. The average molecular weight is 477 g/mol. The van der Waals surface area contributed by atoms with Crippen LogP contribution >= 0.6 is 0 Å². The van der Waals surface area contributed by atoms with Gasteiger partial charge in [0.1, 0.15) is 0 Å². The van der Waals surface area contributed by atoms with Gasteiger partial charge in [0.15, 0.2) is 0 Å². The molecule has 2 aromatic rings. The van der Waals surface area contributed by atoms with E-state index >= 15 is 0 Å². The minimum absolute atomic E-state index is 0.0147. The van der Waals surface area contributed by atoms with Crippen LogP contribution in [0, 0.1) is 0 Å². The van der Waals surface area contributed by atoms with Gasteiger partial charge in [-0.25, -0.2) is 0 Å². The van der Waals surface area contributed by atoms with E-state index in [2.05, 4.69) is 39.5 Å². The molecule has 0 saturated carbocycles. The van der Waals surface area contributed by atoms with Gasteiger partial charge < -0.3 is 9.80 Å². The summed E-state index contributed by atoms with van der Waals surface area (Å²) in [5.41, 5.74) is 1.72. The molecule has 1 amide bonds. The Labute approximate surface area is 203 Å². The highest BCUT2D eigenvalue weighted by atomic mass is 19.4. The average Bonchev–Trinajstić information content (AvgIpc) is 2.79. The molecule has 3 nitrogen and oxygen atoms in total. The van der Waals surface area contributed by atoms with Gasteiger partial charge in [-0.05, 0) is 80.2 Å². The summed E-state index contributed by atoms with van der Waals surface area (Å²) in [6.45, 7) is 15.9. The number of nitrogens with zero attached hydrogens (tertiary/aromatic N) is 2. The van der Waals surface area contributed by atoms with Gasteiger partial charge in [-0.15, -0.1) is 0 Å². The van der Waals surface area contributed by atoms with Crippen LogP contribution in [0.1, 0.15) is 81.4 Å². The summed E-state index contributed by atoms with van der Waals surface area (Å²) in [6.07, 6.45) is -2.61. The number of halogens is 3. The summed E-state index contributed by atoms with van der Waals surface area (Å²) < 4.78 is 38.9. The quantitative estimate of drug-likeness (QED) is 0.363. The number of hydrogen-bond acceptors (Lipinski definition) is 2. The normalized spacial score (nSPS) is 13.2. The van der Waals surface area contributed by atoms with Crippen LogP contribution in [0.2, 0.25) is 0 Å². The van der Waals surface area contributed by atoms with E-state index in [1.807, 2.05) is 31.2 Å². The van der Waals surface area contributed by atoms with Gasteiger partial charge >= 0.3 is 6.18 Å². The maximum absolute atomic E-state index is 13.5. The fraction of sp³-hybridized carbons (Fsp3) is 0.536. The van der Waals surface area contributed by atoms with E-state index in [1.54, 1.807) is 4.90 Å². The number of amides is 1. The second kappa shape index (κ2) is 11.9. The minimum Gasteiger partial charge on any atom is -0.332 e. The van der Waals surface area contributed by atoms with E-state index < -0.39 is 11.7 Å². The monoisotopic (exact) mass is 476 g/mol. The highest BCUT2D eigenvalue weighted by molar-refractivity contribution is 5.94. The summed E-state index contributed by atoms with van der Waals surface area (Å²) in [5, 5.41) is 0. The Kier molecular flexibility index (Phi) is 9.74. The smallest absolute Gasteiger partial charge is 0.332 e. The first kappa shape index (κ1) is 27.9. The Morgan fingerprint density at radius 1 is 0.882 bits per heavy atom. The van der Waals surface area contributed by atoms with Crippen LogP contribution < -0.4 is 0 Å². The molecule has 0 heterocycles. The Balaban J connectivity index is 2.24. The molecule has 0 spiro atoms. The second-order valence-corrected chi connectivity index (χ2v) is 9.97. The molecule has 2 aromatic carbocycles. The molecular weight excluding hydrogens is 437 g/mol. The molecule has 0 aliphatic heterocycles. The first-order valence-corrected chi connectivity index (χ1v) is 12.2. The molecule has 2 rings (SSSR count). The standard InChI is InChI=1S/C28H39F3N2O/c1-7-32(8-2)19-9-10-21(3)33(20-22-11-15-25(16-12-22)28(29,30)31)26(34)23-13-17-24(18-14-23)27(4,5)6/h11-18,21H,7-10,19-20H2,1-6H3. The fourth-order valence-corrected chi connectivity index (χ4v) is 4.01. The fourth-order valence-electron chi connectivity index (χ4n) is 4.01. The zero-order chi connectivity index (χ0) is 25.5. The van der Waals surface area contributed by atoms with Gasteiger partial charge in [0.2, 0.25) is 0 Å². The van der Waals surface area contributed by atoms with Gasteiger partial charge in [-0.3, -0.25) is 4.79 Å². The number of benzene rings is 2. The third kappa shape index (κ3) is 7.86. The summed E-state index contributed by atoms with van der Waals surface area (Å²) in [5.74, 6) is -0.101. The maximum atomic E-state index is 13.5. The highest BCUT2D eigenvalue weighted by Crippen LogP contribution is 2.29. The lowest BCUT2D eigenvalue weighted by molar-refractivity contribution is -0.137. The van der Waals surface area contributed by atoms with Crippen molar-refractivity contribution >= 4 is 5.91 Å². The van der Waals surface area contributed by atoms with Crippen LogP contribution in [0.25, 0.3) is 0 Å². The molecular formula is C28H39F3N2O. The Morgan fingerprint density at radius 3 is 1.88 bits per heavy atom. The lowest BCUT2D eigenvalue weighted by Crippen LogP contribution is -2.38. The number of hydrogen-bond donors (Lipinski definition) is 0. The van der Waals surface area contributed by atoms with E-state index in [0.717, 1.165) is 50.2 Å². The van der Waals surface area contributed by atoms with E-state index in [9.17, 15) is 18.0 Å². The lowest BCUT2D eigenvalue weighted by atomic mass is 9.86. The van der Waals surface area contributed by atoms with Crippen LogP contribution in [0.4, 0.5) is 13.2 Å². The van der Waals surface area contributed by atoms with Gasteiger partial charge in [0.05, 0.1) is 5.56 Å². The second-order valence-electron chi connectivity index (χ2n) is 9.97. The van der Waals surface area contributed by atoms with E-state index in [-0.39, 0.29) is 23.9 Å². The molecule has 0 fully saturated rings. The SMILES string of the molecule is CCN(CC)CCCC(C)N(Cc1ccc(C(F)(F)F)cc1)C(=O)c1ccc(C(C)(C)C)cc1. The maximum Gasteiger partial charge on any atom is 0.416 e. The Morgan fingerprint density at radius 2 is 1.41 bits per heavy atom. The van der Waals surface area contributed by atoms with Gasteiger partial charge in [-0.2, -0.15) is 13.2 Å². The molecule has 188 valence electrons. The topological polar surface area (TPSA) is 23.6 Å². The van der Waals surface area contributed by atoms with Crippen LogP contribution in [0.3, 0.4) is 0 Å². The van der Waals surface area contributed by atoms with Crippen molar-refractivity contribution in [2.45, 2.75) is 78.6 Å². The predicted molar refractivity (Wildman–Crippen MR) is 133 cm³/mol. The van der Waals surface area contributed by atoms with Crippen LogP contribution in [-0.4, -0.2) is 41.4 Å². The van der Waals surface area contributed by atoms with Crippen molar-refractivity contribution in [2.24, 2.45) is 0 Å². The molecule has 0 aliphatic carbocycles.